The molecule has 132 valence electrons. The van der Waals surface area contributed by atoms with Crippen LogP contribution in [-0.2, 0) is 20.8 Å². The monoisotopic (exact) mass is 334 g/mol. The maximum Gasteiger partial charge on any atom is 0.253 e. The molecule has 2 fully saturated rings. The van der Waals surface area contributed by atoms with E-state index in [-0.39, 0.29) is 24.1 Å². The van der Waals surface area contributed by atoms with Gasteiger partial charge in [-0.25, -0.2) is 0 Å². The fourth-order valence-electron chi connectivity index (χ4n) is 3.40. The minimum atomic E-state index is -0.435. The van der Waals surface area contributed by atoms with Gasteiger partial charge < -0.3 is 19.4 Å². The van der Waals surface area contributed by atoms with Gasteiger partial charge in [-0.15, -0.1) is 0 Å². The minimum absolute atomic E-state index is 0.0246. The van der Waals surface area contributed by atoms with E-state index in [1.165, 1.54) is 4.57 Å². The second-order valence-corrected chi connectivity index (χ2v) is 7.07. The lowest BCUT2D eigenvalue weighted by Crippen LogP contribution is -2.39. The summed E-state index contributed by atoms with van der Waals surface area (Å²) >= 11 is 0. The topological polar surface area (TPSA) is 69.6 Å². The number of carbonyl (C=O) groups excluding carboxylic acids is 1. The Hall–Kier alpha value is -1.66. The fraction of sp³-hybridized carbons (Fsp3) is 0.667. The third-order valence-corrected chi connectivity index (χ3v) is 5.00. The van der Waals surface area contributed by atoms with Crippen molar-refractivity contribution >= 4 is 5.91 Å². The van der Waals surface area contributed by atoms with E-state index in [4.69, 9.17) is 9.47 Å². The summed E-state index contributed by atoms with van der Waals surface area (Å²) in [6.45, 7) is 4.95. The number of hydrogen-bond donors (Lipinski definition) is 1. The molecule has 1 saturated heterocycles. The van der Waals surface area contributed by atoms with E-state index < -0.39 is 5.79 Å². The summed E-state index contributed by atoms with van der Waals surface area (Å²) in [5.41, 5.74) is 0.495. The molecule has 6 nitrogen and oxygen atoms in total. The molecule has 1 spiro atoms. The number of carbonyl (C=O) groups is 1. The average molecular weight is 334 g/mol. The quantitative estimate of drug-likeness (QED) is 0.908. The van der Waals surface area contributed by atoms with Crippen molar-refractivity contribution < 1.29 is 14.3 Å². The van der Waals surface area contributed by atoms with Crippen molar-refractivity contribution in [2.24, 2.45) is 5.92 Å². The molecule has 2 heterocycles. The lowest BCUT2D eigenvalue weighted by Gasteiger charge is -2.34. The summed E-state index contributed by atoms with van der Waals surface area (Å²) in [6.07, 6.45) is 5.61. The summed E-state index contributed by atoms with van der Waals surface area (Å²) in [6, 6.07) is 3.51. The van der Waals surface area contributed by atoms with Gasteiger partial charge in [-0.1, -0.05) is 13.0 Å². The highest BCUT2D eigenvalue weighted by Gasteiger charge is 2.43. The molecular weight excluding hydrogens is 308 g/mol. The SMILES string of the molecule is Cc1cccn(CC(=O)NC[C@H]2COC3(CCC(C)CC3)O2)c1=O. The molecule has 1 aliphatic carbocycles. The van der Waals surface area contributed by atoms with E-state index in [9.17, 15) is 9.59 Å². The van der Waals surface area contributed by atoms with Crippen molar-refractivity contribution in [2.45, 2.75) is 58.0 Å². The number of nitrogens with one attached hydrogen (secondary N) is 1. The first-order valence-corrected chi connectivity index (χ1v) is 8.72. The van der Waals surface area contributed by atoms with Crippen LogP contribution in [0.1, 0.15) is 38.2 Å². The van der Waals surface area contributed by atoms with Crippen LogP contribution in [-0.4, -0.2) is 35.5 Å². The van der Waals surface area contributed by atoms with Crippen LogP contribution in [0, 0.1) is 12.8 Å². The molecular formula is C18H26N2O4. The number of hydrogen-bond acceptors (Lipinski definition) is 4. The molecule has 1 aliphatic heterocycles. The van der Waals surface area contributed by atoms with Crippen LogP contribution in [0.4, 0.5) is 0 Å². The van der Waals surface area contributed by atoms with Gasteiger partial charge in [0.05, 0.1) is 6.61 Å². The van der Waals surface area contributed by atoms with Gasteiger partial charge in [-0.3, -0.25) is 9.59 Å². The first-order valence-electron chi connectivity index (χ1n) is 8.72. The second-order valence-electron chi connectivity index (χ2n) is 7.07. The smallest absolute Gasteiger partial charge is 0.253 e. The van der Waals surface area contributed by atoms with E-state index in [1.54, 1.807) is 25.3 Å². The lowest BCUT2D eigenvalue weighted by molar-refractivity contribution is -0.191. The number of pyridine rings is 1. The van der Waals surface area contributed by atoms with Crippen molar-refractivity contribution in [1.29, 1.82) is 0 Å². The zero-order chi connectivity index (χ0) is 17.2. The average Bonchev–Trinajstić information content (AvgIpc) is 2.96. The Balaban J connectivity index is 1.47. The third kappa shape index (κ3) is 3.87. The van der Waals surface area contributed by atoms with Crippen LogP contribution >= 0.6 is 0 Å². The van der Waals surface area contributed by atoms with Crippen LogP contribution in [0.15, 0.2) is 23.1 Å². The molecule has 1 aromatic heterocycles. The first kappa shape index (κ1) is 17.2. The molecule has 0 unspecified atom stereocenters. The standard InChI is InChI=1S/C18H26N2O4/c1-13-5-7-18(8-6-13)23-12-15(24-18)10-19-16(21)11-20-9-3-4-14(2)17(20)22/h3-4,9,13,15H,5-8,10-12H2,1-2H3,(H,19,21)/t13?,15-,18?/m0/s1. The summed E-state index contributed by atoms with van der Waals surface area (Å²) in [7, 11) is 0. The summed E-state index contributed by atoms with van der Waals surface area (Å²) in [5, 5.41) is 2.85. The highest BCUT2D eigenvalue weighted by Crippen LogP contribution is 2.39. The van der Waals surface area contributed by atoms with E-state index in [1.807, 2.05) is 0 Å². The van der Waals surface area contributed by atoms with E-state index >= 15 is 0 Å². The van der Waals surface area contributed by atoms with Crippen LogP contribution in [0.3, 0.4) is 0 Å². The fourth-order valence-corrected chi connectivity index (χ4v) is 3.40. The van der Waals surface area contributed by atoms with E-state index in [0.717, 1.165) is 31.6 Å². The number of amides is 1. The molecule has 0 bridgehead atoms. The van der Waals surface area contributed by atoms with Crippen LogP contribution < -0.4 is 10.9 Å². The molecule has 1 amide bonds. The largest absolute Gasteiger partial charge is 0.352 e. The van der Waals surface area contributed by atoms with Crippen LogP contribution in [0.5, 0.6) is 0 Å². The Morgan fingerprint density at radius 2 is 2.17 bits per heavy atom. The molecule has 0 aromatic carbocycles. The number of ether oxygens (including phenoxy) is 2. The Labute approximate surface area is 142 Å². The molecule has 6 heteroatoms. The molecule has 1 N–H and O–H groups in total. The molecule has 1 aromatic rings. The van der Waals surface area contributed by atoms with Gasteiger partial charge in [0.25, 0.3) is 5.56 Å². The Morgan fingerprint density at radius 3 is 2.92 bits per heavy atom. The van der Waals surface area contributed by atoms with Crippen molar-refractivity contribution in [3.05, 3.63) is 34.2 Å². The molecule has 1 atom stereocenters. The van der Waals surface area contributed by atoms with Gasteiger partial charge in [-0.05, 0) is 31.7 Å². The number of aromatic nitrogens is 1. The van der Waals surface area contributed by atoms with Gasteiger partial charge in [-0.2, -0.15) is 0 Å². The minimum Gasteiger partial charge on any atom is -0.352 e. The van der Waals surface area contributed by atoms with Crippen molar-refractivity contribution in [3.63, 3.8) is 0 Å². The van der Waals surface area contributed by atoms with Gasteiger partial charge in [0.2, 0.25) is 5.91 Å². The Morgan fingerprint density at radius 1 is 1.42 bits per heavy atom. The van der Waals surface area contributed by atoms with Crippen LogP contribution in [0.2, 0.25) is 0 Å². The second kappa shape index (κ2) is 7.07. The molecule has 24 heavy (non-hydrogen) atoms. The molecule has 1 saturated carbocycles. The van der Waals surface area contributed by atoms with Gasteiger partial charge in [0.15, 0.2) is 5.79 Å². The van der Waals surface area contributed by atoms with Crippen molar-refractivity contribution in [3.8, 4) is 0 Å². The first-order chi connectivity index (χ1) is 11.5. The number of aryl methyl sites for hydroxylation is 1. The number of rotatable bonds is 4. The summed E-state index contributed by atoms with van der Waals surface area (Å²) < 4.78 is 13.4. The predicted octanol–water partition coefficient (Wildman–Crippen LogP) is 1.59. The summed E-state index contributed by atoms with van der Waals surface area (Å²) in [5.74, 6) is 0.105. The Kier molecular flexibility index (Phi) is 5.06. The maximum absolute atomic E-state index is 12.1. The normalized spacial score (nSPS) is 29.8. The van der Waals surface area contributed by atoms with E-state index in [2.05, 4.69) is 12.2 Å². The lowest BCUT2D eigenvalue weighted by atomic mass is 9.86. The highest BCUT2D eigenvalue weighted by molar-refractivity contribution is 5.75. The van der Waals surface area contributed by atoms with E-state index in [0.29, 0.717) is 18.7 Å². The van der Waals surface area contributed by atoms with Gasteiger partial charge in [0, 0.05) is 31.1 Å². The number of nitrogens with zero attached hydrogens (tertiary/aromatic N) is 1. The van der Waals surface area contributed by atoms with Crippen LogP contribution in [0.25, 0.3) is 0 Å². The summed E-state index contributed by atoms with van der Waals surface area (Å²) in [4.78, 5) is 24.0. The predicted molar refractivity (Wildman–Crippen MR) is 89.6 cm³/mol. The van der Waals surface area contributed by atoms with Gasteiger partial charge in [0.1, 0.15) is 12.6 Å². The highest BCUT2D eigenvalue weighted by atomic mass is 16.7. The zero-order valence-electron chi connectivity index (χ0n) is 14.4. The maximum atomic E-state index is 12.1. The zero-order valence-corrected chi connectivity index (χ0v) is 14.4. The molecule has 0 radical (unpaired) electrons. The van der Waals surface area contributed by atoms with Gasteiger partial charge >= 0.3 is 0 Å². The molecule has 2 aliphatic rings. The third-order valence-electron chi connectivity index (χ3n) is 5.00. The van der Waals surface area contributed by atoms with Crippen molar-refractivity contribution in [1.82, 2.24) is 9.88 Å². The van der Waals surface area contributed by atoms with Crippen molar-refractivity contribution in [2.75, 3.05) is 13.2 Å². The Bertz CT molecular complexity index is 647. The molecule has 3 rings (SSSR count).